The van der Waals surface area contributed by atoms with Crippen molar-refractivity contribution in [2.75, 3.05) is 17.7 Å². The molecular weight excluding hydrogens is 368 g/mol. The van der Waals surface area contributed by atoms with Crippen LogP contribution in [0.1, 0.15) is 5.56 Å². The maximum atomic E-state index is 5.23. The Bertz CT molecular complexity index is 854. The summed E-state index contributed by atoms with van der Waals surface area (Å²) in [4.78, 5) is 8.52. The molecule has 6 heteroatoms. The number of hydrogen-bond donors (Lipinski definition) is 2. The van der Waals surface area contributed by atoms with Crippen LogP contribution in [0, 0.1) is 6.92 Å². The van der Waals surface area contributed by atoms with Gasteiger partial charge in [-0.2, -0.15) is 0 Å². The smallest absolute Gasteiger partial charge is 0.135 e. The van der Waals surface area contributed by atoms with Crippen LogP contribution in [0.2, 0.25) is 0 Å². The molecule has 0 aliphatic carbocycles. The largest absolute Gasteiger partial charge is 0.497 e. The molecule has 1 heterocycles. The fourth-order valence-corrected chi connectivity index (χ4v) is 2.79. The van der Waals surface area contributed by atoms with Gasteiger partial charge in [0.1, 0.15) is 23.7 Å². The lowest BCUT2D eigenvalue weighted by atomic mass is 10.2. The second kappa shape index (κ2) is 7.31. The van der Waals surface area contributed by atoms with Gasteiger partial charge in [-0.1, -0.05) is 12.1 Å². The van der Waals surface area contributed by atoms with Crippen LogP contribution >= 0.6 is 15.9 Å². The predicted molar refractivity (Wildman–Crippen MR) is 100 cm³/mol. The van der Waals surface area contributed by atoms with Gasteiger partial charge < -0.3 is 15.4 Å². The Hall–Kier alpha value is -2.60. The van der Waals surface area contributed by atoms with Crippen molar-refractivity contribution in [3.8, 4) is 5.75 Å². The van der Waals surface area contributed by atoms with Crippen molar-refractivity contribution in [1.29, 1.82) is 0 Å². The summed E-state index contributed by atoms with van der Waals surface area (Å²) in [6, 6.07) is 15.6. The molecule has 0 saturated heterocycles. The van der Waals surface area contributed by atoms with E-state index in [1.165, 1.54) is 11.9 Å². The fraction of sp³-hybridized carbons (Fsp3) is 0.111. The topological polar surface area (TPSA) is 59.1 Å². The molecule has 122 valence electrons. The number of rotatable bonds is 5. The van der Waals surface area contributed by atoms with E-state index in [0.29, 0.717) is 11.6 Å². The quantitative estimate of drug-likeness (QED) is 0.644. The number of aryl methyl sites for hydroxylation is 1. The monoisotopic (exact) mass is 384 g/mol. The van der Waals surface area contributed by atoms with Gasteiger partial charge in [-0.15, -0.1) is 0 Å². The highest BCUT2D eigenvalue weighted by Crippen LogP contribution is 2.27. The molecule has 2 aromatic carbocycles. The zero-order valence-electron chi connectivity index (χ0n) is 13.4. The number of halogens is 1. The number of ether oxygens (including phenoxy) is 1. The fourth-order valence-electron chi connectivity index (χ4n) is 2.20. The summed E-state index contributed by atoms with van der Waals surface area (Å²) in [6.07, 6.45) is 1.52. The summed E-state index contributed by atoms with van der Waals surface area (Å²) in [7, 11) is 1.64. The molecule has 0 aliphatic rings. The van der Waals surface area contributed by atoms with Crippen molar-refractivity contribution < 1.29 is 4.74 Å². The first-order valence-electron chi connectivity index (χ1n) is 7.40. The van der Waals surface area contributed by atoms with Crippen molar-refractivity contribution >= 4 is 38.9 Å². The molecule has 0 atom stereocenters. The predicted octanol–water partition coefficient (Wildman–Crippen LogP) is 5.04. The van der Waals surface area contributed by atoms with E-state index in [0.717, 1.165) is 21.6 Å². The summed E-state index contributed by atoms with van der Waals surface area (Å²) in [6.45, 7) is 2.05. The first kappa shape index (κ1) is 16.3. The lowest BCUT2D eigenvalue weighted by molar-refractivity contribution is 0.415. The second-order valence-electron chi connectivity index (χ2n) is 5.25. The maximum Gasteiger partial charge on any atom is 0.135 e. The molecule has 0 bridgehead atoms. The minimum atomic E-state index is 0.698. The van der Waals surface area contributed by atoms with Gasteiger partial charge >= 0.3 is 0 Å². The minimum Gasteiger partial charge on any atom is -0.497 e. The highest BCUT2D eigenvalue weighted by atomic mass is 79.9. The van der Waals surface area contributed by atoms with Gasteiger partial charge in [-0.3, -0.25) is 0 Å². The summed E-state index contributed by atoms with van der Waals surface area (Å²) in [5, 5.41) is 6.53. The highest BCUT2D eigenvalue weighted by Gasteiger charge is 2.04. The average molecular weight is 385 g/mol. The Morgan fingerprint density at radius 3 is 2.50 bits per heavy atom. The number of anilines is 4. The van der Waals surface area contributed by atoms with E-state index < -0.39 is 0 Å². The Morgan fingerprint density at radius 2 is 1.75 bits per heavy atom. The number of hydrogen-bond acceptors (Lipinski definition) is 5. The van der Waals surface area contributed by atoms with Crippen LogP contribution in [0.3, 0.4) is 0 Å². The SMILES string of the molecule is COc1cccc(Nc2cc(Nc3ccc(C)cc3Br)ncn2)c1. The number of methoxy groups -OCH3 is 1. The van der Waals surface area contributed by atoms with E-state index in [2.05, 4.69) is 49.5 Å². The lowest BCUT2D eigenvalue weighted by Crippen LogP contribution is -1.99. The third kappa shape index (κ3) is 4.02. The van der Waals surface area contributed by atoms with Crippen LogP contribution in [0.4, 0.5) is 23.0 Å². The third-order valence-electron chi connectivity index (χ3n) is 3.40. The Balaban J connectivity index is 1.78. The lowest BCUT2D eigenvalue weighted by Gasteiger charge is -2.11. The summed E-state index contributed by atoms with van der Waals surface area (Å²) >= 11 is 3.56. The molecule has 0 saturated carbocycles. The first-order valence-corrected chi connectivity index (χ1v) is 8.19. The van der Waals surface area contributed by atoms with Crippen molar-refractivity contribution in [2.24, 2.45) is 0 Å². The van der Waals surface area contributed by atoms with Crippen molar-refractivity contribution in [2.45, 2.75) is 6.92 Å². The van der Waals surface area contributed by atoms with E-state index in [-0.39, 0.29) is 0 Å². The average Bonchev–Trinajstić information content (AvgIpc) is 2.58. The standard InChI is InChI=1S/C18H17BrN4O/c1-12-6-7-16(15(19)8-12)23-18-10-17(20-11-21-18)22-13-4-3-5-14(9-13)24-2/h3-11H,1-2H3,(H2,20,21,22,23). The molecule has 24 heavy (non-hydrogen) atoms. The molecule has 5 nitrogen and oxygen atoms in total. The number of nitrogens with zero attached hydrogens (tertiary/aromatic N) is 2. The van der Waals surface area contributed by atoms with Gasteiger partial charge in [0.2, 0.25) is 0 Å². The maximum absolute atomic E-state index is 5.23. The van der Waals surface area contributed by atoms with Crippen LogP contribution in [0.25, 0.3) is 0 Å². The van der Waals surface area contributed by atoms with Gasteiger partial charge in [-0.05, 0) is 52.7 Å². The molecule has 0 unspecified atom stereocenters. The molecule has 2 N–H and O–H groups in total. The first-order chi connectivity index (χ1) is 11.6. The van der Waals surface area contributed by atoms with E-state index in [1.807, 2.05) is 42.5 Å². The van der Waals surface area contributed by atoms with Crippen molar-refractivity contribution in [3.05, 3.63) is 64.9 Å². The summed E-state index contributed by atoms with van der Waals surface area (Å²) in [5.74, 6) is 2.19. The van der Waals surface area contributed by atoms with Crippen molar-refractivity contribution in [1.82, 2.24) is 9.97 Å². The zero-order chi connectivity index (χ0) is 16.9. The van der Waals surface area contributed by atoms with E-state index in [1.54, 1.807) is 7.11 Å². The van der Waals surface area contributed by atoms with Crippen LogP contribution in [0.5, 0.6) is 5.75 Å². The second-order valence-corrected chi connectivity index (χ2v) is 6.11. The molecule has 0 spiro atoms. The Morgan fingerprint density at radius 1 is 0.958 bits per heavy atom. The zero-order valence-corrected chi connectivity index (χ0v) is 15.0. The molecule has 3 rings (SSSR count). The number of aromatic nitrogens is 2. The van der Waals surface area contributed by atoms with Gasteiger partial charge in [0, 0.05) is 22.3 Å². The molecule has 0 fully saturated rings. The van der Waals surface area contributed by atoms with Crippen LogP contribution < -0.4 is 15.4 Å². The van der Waals surface area contributed by atoms with Gasteiger partial charge in [-0.25, -0.2) is 9.97 Å². The van der Waals surface area contributed by atoms with Gasteiger partial charge in [0.05, 0.1) is 12.8 Å². The minimum absolute atomic E-state index is 0.698. The molecule has 3 aromatic rings. The molecule has 0 aliphatic heterocycles. The highest BCUT2D eigenvalue weighted by molar-refractivity contribution is 9.10. The van der Waals surface area contributed by atoms with Crippen molar-refractivity contribution in [3.63, 3.8) is 0 Å². The molecule has 0 amide bonds. The van der Waals surface area contributed by atoms with Gasteiger partial charge in [0.25, 0.3) is 0 Å². The third-order valence-corrected chi connectivity index (χ3v) is 4.05. The van der Waals surface area contributed by atoms with E-state index in [4.69, 9.17) is 4.74 Å². The van der Waals surface area contributed by atoms with Gasteiger partial charge in [0.15, 0.2) is 0 Å². The summed E-state index contributed by atoms with van der Waals surface area (Å²) < 4.78 is 6.22. The molecule has 1 aromatic heterocycles. The van der Waals surface area contributed by atoms with E-state index in [9.17, 15) is 0 Å². The Labute approximate surface area is 149 Å². The van der Waals surface area contributed by atoms with E-state index >= 15 is 0 Å². The van der Waals surface area contributed by atoms with Crippen LogP contribution in [-0.2, 0) is 0 Å². The Kier molecular flexibility index (Phi) is 4.96. The molecular formula is C18H17BrN4O. The van der Waals surface area contributed by atoms with Crippen LogP contribution in [-0.4, -0.2) is 17.1 Å². The normalized spacial score (nSPS) is 10.3. The number of nitrogens with one attached hydrogen (secondary N) is 2. The van der Waals surface area contributed by atoms with Crippen LogP contribution in [0.15, 0.2) is 59.3 Å². The molecule has 0 radical (unpaired) electrons. The number of benzene rings is 2. The summed E-state index contributed by atoms with van der Waals surface area (Å²) in [5.41, 5.74) is 3.04.